The van der Waals surface area contributed by atoms with E-state index in [4.69, 9.17) is 9.72 Å². The van der Waals surface area contributed by atoms with Crippen molar-refractivity contribution >= 4 is 17.6 Å². The number of rotatable bonds is 5. The van der Waals surface area contributed by atoms with Crippen LogP contribution < -0.4 is 9.80 Å². The molecule has 8 nitrogen and oxygen atoms in total. The number of nitrogens with one attached hydrogen (secondary N) is 1. The molecule has 0 aromatic carbocycles. The summed E-state index contributed by atoms with van der Waals surface area (Å²) >= 11 is 0. The van der Waals surface area contributed by atoms with Crippen LogP contribution in [0.15, 0.2) is 30.6 Å². The number of hydrogen-bond acceptors (Lipinski definition) is 5. The van der Waals surface area contributed by atoms with Crippen LogP contribution in [0.25, 0.3) is 0 Å². The third-order valence-electron chi connectivity index (χ3n) is 9.64. The van der Waals surface area contributed by atoms with Gasteiger partial charge in [0.15, 0.2) is 0 Å². The van der Waals surface area contributed by atoms with E-state index >= 15 is 0 Å². The minimum atomic E-state index is -0.534. The van der Waals surface area contributed by atoms with Gasteiger partial charge in [0.25, 0.3) is 5.91 Å². The van der Waals surface area contributed by atoms with Gasteiger partial charge >= 0.3 is 5.91 Å². The van der Waals surface area contributed by atoms with Crippen molar-refractivity contribution in [3.05, 3.63) is 41.9 Å². The lowest BCUT2D eigenvalue weighted by atomic mass is 9.64. The topological polar surface area (TPSA) is 86.1 Å². The van der Waals surface area contributed by atoms with E-state index in [-0.39, 0.29) is 33.7 Å². The van der Waals surface area contributed by atoms with Crippen LogP contribution in [0.4, 0.5) is 5.82 Å². The molecule has 1 N–H and O–H groups in total. The summed E-state index contributed by atoms with van der Waals surface area (Å²) in [5, 5.41) is 7.31. The molecule has 2 aliphatic heterocycles. The molecule has 0 radical (unpaired) electrons. The number of piperidine rings is 1. The fourth-order valence-electron chi connectivity index (χ4n) is 7.26. The van der Waals surface area contributed by atoms with Crippen LogP contribution in [0.1, 0.15) is 67.4 Å². The molecule has 4 heterocycles. The molecule has 2 aromatic heterocycles. The largest absolute Gasteiger partial charge is 0.381 e. The van der Waals surface area contributed by atoms with Gasteiger partial charge in [-0.05, 0) is 42.4 Å². The molecule has 8 heteroatoms. The lowest BCUT2D eigenvalue weighted by molar-refractivity contribution is -0.140. The minimum Gasteiger partial charge on any atom is -0.381 e. The van der Waals surface area contributed by atoms with E-state index in [2.05, 4.69) is 23.4 Å². The number of hydrogen-bond donors (Lipinski definition) is 1. The molecular weight excluding hydrogens is 442 g/mol. The van der Waals surface area contributed by atoms with Crippen molar-refractivity contribution in [3.63, 3.8) is 0 Å². The molecule has 4 aliphatic rings. The van der Waals surface area contributed by atoms with Crippen molar-refractivity contribution in [3.8, 4) is 0 Å². The molecule has 2 aliphatic carbocycles. The second-order valence-corrected chi connectivity index (χ2v) is 11.5. The number of pyridine rings is 1. The first-order chi connectivity index (χ1) is 16.8. The first-order valence-electron chi connectivity index (χ1n) is 13.1. The average Bonchev–Trinajstić information content (AvgIpc) is 3.37. The highest BCUT2D eigenvalue weighted by molar-refractivity contribution is 6.00. The summed E-state index contributed by atoms with van der Waals surface area (Å²) in [6, 6.07) is 5.56. The average molecular weight is 479 g/mol. The van der Waals surface area contributed by atoms with E-state index in [1.165, 1.54) is 12.0 Å². The number of ether oxygens (including phenoxy) is 1. The van der Waals surface area contributed by atoms with E-state index < -0.39 is 6.04 Å². The third-order valence-corrected chi connectivity index (χ3v) is 9.64. The fourth-order valence-corrected chi connectivity index (χ4v) is 7.26. The molecular formula is C27H36N5O3+. The Hall–Kier alpha value is -2.58. The summed E-state index contributed by atoms with van der Waals surface area (Å²) in [6.07, 6.45) is 10.1. The standard InChI is InChI=1S/C27H35N5O3/c1-27-15-21(27)32(3,22-8-7-19(16-28-22)17-10-13-35-14-11-17)26(34)24(23(27)18-5-4-6-18)30-25(33)20-9-12-29-31(20)2/h7-9,12,16-18,21,23-24H,4-6,10-11,13-15H2,1-3H3/p+1/t21?,23?,24-,27?,32?/m0/s1. The molecule has 2 saturated carbocycles. The molecule has 0 spiro atoms. The first-order valence-corrected chi connectivity index (χ1v) is 13.1. The predicted octanol–water partition coefficient (Wildman–Crippen LogP) is 3.18. The van der Waals surface area contributed by atoms with E-state index in [9.17, 15) is 9.59 Å². The van der Waals surface area contributed by atoms with Crippen molar-refractivity contribution in [1.29, 1.82) is 0 Å². The fraction of sp³-hybridized carbons (Fsp3) is 0.630. The Labute approximate surface area is 206 Å². The quantitative estimate of drug-likeness (QED) is 0.667. The van der Waals surface area contributed by atoms with E-state index in [0.29, 0.717) is 17.5 Å². The first kappa shape index (κ1) is 22.9. The zero-order chi connectivity index (χ0) is 24.4. The van der Waals surface area contributed by atoms with Crippen molar-refractivity contribution in [2.75, 3.05) is 20.3 Å². The molecule has 2 saturated heterocycles. The van der Waals surface area contributed by atoms with Gasteiger partial charge in [0.2, 0.25) is 5.82 Å². The van der Waals surface area contributed by atoms with Crippen molar-refractivity contribution < 1.29 is 14.3 Å². The number of likely N-dealkylation sites (N-methyl/N-ethyl adjacent to an activating group) is 1. The summed E-state index contributed by atoms with van der Waals surface area (Å²) in [7, 11) is 3.76. The second-order valence-electron chi connectivity index (χ2n) is 11.5. The molecule has 0 bridgehead atoms. The van der Waals surface area contributed by atoms with Gasteiger partial charge in [-0.25, -0.2) is 14.3 Å². The second kappa shape index (κ2) is 8.23. The number of nitrogens with zero attached hydrogens (tertiary/aromatic N) is 4. The smallest absolute Gasteiger partial charge is 0.342 e. The highest BCUT2D eigenvalue weighted by Crippen LogP contribution is 2.65. The predicted molar refractivity (Wildman–Crippen MR) is 132 cm³/mol. The molecule has 4 fully saturated rings. The van der Waals surface area contributed by atoms with Crippen molar-refractivity contribution in [2.45, 2.75) is 63.5 Å². The summed E-state index contributed by atoms with van der Waals surface area (Å²) in [5.74, 6) is 1.73. The summed E-state index contributed by atoms with van der Waals surface area (Å²) < 4.78 is 7.23. The van der Waals surface area contributed by atoms with Crippen molar-refractivity contribution in [1.82, 2.24) is 24.6 Å². The van der Waals surface area contributed by atoms with Crippen LogP contribution in [0, 0.1) is 17.3 Å². The van der Waals surface area contributed by atoms with Gasteiger partial charge in [-0.3, -0.25) is 9.48 Å². The number of carbonyl (C=O) groups is 2. The molecule has 5 atom stereocenters. The molecule has 4 unspecified atom stereocenters. The van der Waals surface area contributed by atoms with E-state index in [1.54, 1.807) is 24.0 Å². The van der Waals surface area contributed by atoms with Gasteiger partial charge in [-0.15, -0.1) is 0 Å². The Bertz CT molecular complexity index is 1140. The lowest BCUT2D eigenvalue weighted by Gasteiger charge is -2.48. The Morgan fingerprint density at radius 2 is 1.97 bits per heavy atom. The Morgan fingerprint density at radius 1 is 1.20 bits per heavy atom. The van der Waals surface area contributed by atoms with E-state index in [0.717, 1.165) is 51.1 Å². The van der Waals surface area contributed by atoms with Crippen LogP contribution in [-0.2, 0) is 16.6 Å². The highest BCUT2D eigenvalue weighted by atomic mass is 16.5. The minimum absolute atomic E-state index is 0.0131. The van der Waals surface area contributed by atoms with Gasteiger partial charge in [-0.1, -0.05) is 26.2 Å². The molecule has 186 valence electrons. The number of amides is 2. The Balaban J connectivity index is 1.33. The molecule has 35 heavy (non-hydrogen) atoms. The molecule has 2 amide bonds. The normalized spacial score (nSPS) is 35.3. The maximum absolute atomic E-state index is 14.3. The van der Waals surface area contributed by atoms with Gasteiger partial charge < -0.3 is 10.1 Å². The third kappa shape index (κ3) is 3.48. The summed E-state index contributed by atoms with van der Waals surface area (Å²) in [4.78, 5) is 32.5. The van der Waals surface area contributed by atoms with Crippen LogP contribution in [0.3, 0.4) is 0 Å². The number of quaternary nitrogens is 1. The zero-order valence-corrected chi connectivity index (χ0v) is 20.9. The Morgan fingerprint density at radius 3 is 2.57 bits per heavy atom. The SMILES string of the molecule is Cn1nccc1C(=O)N[C@@H]1C(=O)[N+](C)(c2ccc(C3CCOCC3)cn2)C2CC2(C)C1C1CCC1. The molecule has 6 rings (SSSR count). The van der Waals surface area contributed by atoms with E-state index in [1.807, 2.05) is 19.3 Å². The maximum Gasteiger partial charge on any atom is 0.342 e. The van der Waals surface area contributed by atoms with Gasteiger partial charge in [0.1, 0.15) is 17.8 Å². The summed E-state index contributed by atoms with van der Waals surface area (Å²) in [6.45, 7) is 3.91. The van der Waals surface area contributed by atoms with Gasteiger partial charge in [0, 0.05) is 56.5 Å². The van der Waals surface area contributed by atoms with Crippen LogP contribution >= 0.6 is 0 Å². The van der Waals surface area contributed by atoms with Crippen LogP contribution in [0.2, 0.25) is 0 Å². The zero-order valence-electron chi connectivity index (χ0n) is 20.9. The summed E-state index contributed by atoms with van der Waals surface area (Å²) in [5.41, 5.74) is 1.71. The van der Waals surface area contributed by atoms with Crippen molar-refractivity contribution in [2.24, 2.45) is 24.3 Å². The Kier molecular flexibility index (Phi) is 5.38. The monoisotopic (exact) mass is 478 g/mol. The highest BCUT2D eigenvalue weighted by Gasteiger charge is 2.76. The van der Waals surface area contributed by atoms with Gasteiger partial charge in [-0.2, -0.15) is 5.10 Å². The number of likely N-dealkylation sites (tertiary alicyclic amines) is 1. The number of carbonyl (C=O) groups excluding carboxylic acids is 2. The number of aryl methyl sites for hydroxylation is 1. The maximum atomic E-state index is 14.3. The number of fused-ring (bicyclic) bond motifs is 1. The lowest BCUT2D eigenvalue weighted by Crippen LogP contribution is -2.70. The van der Waals surface area contributed by atoms with Gasteiger partial charge in [0.05, 0.1) is 7.05 Å². The van der Waals surface area contributed by atoms with Crippen LogP contribution in [-0.4, -0.2) is 58.9 Å². The van der Waals surface area contributed by atoms with Crippen LogP contribution in [0.5, 0.6) is 0 Å². The number of aromatic nitrogens is 3. The molecule has 2 aromatic rings.